The van der Waals surface area contributed by atoms with Gasteiger partial charge in [0.2, 0.25) is 0 Å². The van der Waals surface area contributed by atoms with Crippen molar-refractivity contribution in [3.8, 4) is 22.8 Å². The molecule has 1 heterocycles. The van der Waals surface area contributed by atoms with E-state index in [1.807, 2.05) is 0 Å². The van der Waals surface area contributed by atoms with Gasteiger partial charge in [-0.25, -0.2) is 4.98 Å². The van der Waals surface area contributed by atoms with Gasteiger partial charge >= 0.3 is 0 Å². The van der Waals surface area contributed by atoms with Crippen LogP contribution in [0.3, 0.4) is 0 Å². The maximum atomic E-state index is 6.01. The van der Waals surface area contributed by atoms with Gasteiger partial charge in [0.1, 0.15) is 22.3 Å². The number of hydrogen-bond donors (Lipinski definition) is 2. The minimum Gasteiger partial charge on any atom is -0.497 e. The normalized spacial score (nSPS) is 10.3. The molecule has 2 rings (SSSR count). The molecule has 0 bridgehead atoms. The van der Waals surface area contributed by atoms with Gasteiger partial charge in [-0.15, -0.1) is 0 Å². The summed E-state index contributed by atoms with van der Waals surface area (Å²) < 4.78 is 10.4. The molecule has 0 amide bonds. The van der Waals surface area contributed by atoms with Crippen molar-refractivity contribution in [3.05, 3.63) is 23.4 Å². The number of nitrogens with zero attached hydrogens (tertiary/aromatic N) is 1. The molecule has 90 valence electrons. The van der Waals surface area contributed by atoms with Crippen molar-refractivity contribution < 1.29 is 9.47 Å². The first-order valence-electron chi connectivity index (χ1n) is 4.89. The van der Waals surface area contributed by atoms with Crippen molar-refractivity contribution in [3.63, 3.8) is 0 Å². The number of imidazole rings is 1. The van der Waals surface area contributed by atoms with Gasteiger partial charge in [0.15, 0.2) is 5.95 Å². The molecule has 1 aromatic carbocycles. The number of aromatic nitrogens is 2. The van der Waals surface area contributed by atoms with Gasteiger partial charge in [-0.3, -0.25) is 0 Å². The first kappa shape index (κ1) is 11.6. The second-order valence-electron chi connectivity index (χ2n) is 3.35. The molecule has 3 N–H and O–H groups in total. The fourth-order valence-corrected chi connectivity index (χ4v) is 1.79. The number of methoxy groups -OCH3 is 2. The topological polar surface area (TPSA) is 73.2 Å². The number of hydrogen-bond acceptors (Lipinski definition) is 4. The van der Waals surface area contributed by atoms with Crippen molar-refractivity contribution in [2.75, 3.05) is 20.0 Å². The van der Waals surface area contributed by atoms with Crippen molar-refractivity contribution >= 4 is 17.5 Å². The first-order valence-corrected chi connectivity index (χ1v) is 5.27. The van der Waals surface area contributed by atoms with Gasteiger partial charge in [0.25, 0.3) is 0 Å². The van der Waals surface area contributed by atoms with E-state index in [4.69, 9.17) is 26.8 Å². The Balaban J connectivity index is 2.59. The average Bonchev–Trinajstić information content (AvgIpc) is 2.67. The third kappa shape index (κ3) is 2.14. The van der Waals surface area contributed by atoms with Crippen LogP contribution in [0, 0.1) is 0 Å². The van der Waals surface area contributed by atoms with E-state index in [-0.39, 0.29) is 5.95 Å². The van der Waals surface area contributed by atoms with Crippen LogP contribution in [0.5, 0.6) is 11.5 Å². The third-order valence-electron chi connectivity index (χ3n) is 2.34. The molecule has 0 aliphatic heterocycles. The van der Waals surface area contributed by atoms with Crippen LogP contribution >= 0.6 is 11.6 Å². The number of H-pyrrole nitrogens is 1. The summed E-state index contributed by atoms with van der Waals surface area (Å²) in [6.45, 7) is 0. The maximum Gasteiger partial charge on any atom is 0.199 e. The van der Waals surface area contributed by atoms with Gasteiger partial charge in [-0.05, 0) is 18.2 Å². The van der Waals surface area contributed by atoms with Crippen LogP contribution in [-0.4, -0.2) is 24.2 Å². The highest BCUT2D eigenvalue weighted by atomic mass is 35.5. The van der Waals surface area contributed by atoms with Crippen LogP contribution in [0.15, 0.2) is 18.2 Å². The Bertz CT molecular complexity index is 540. The number of ether oxygens (including phenoxy) is 2. The quantitative estimate of drug-likeness (QED) is 0.881. The van der Waals surface area contributed by atoms with Gasteiger partial charge in [-0.1, -0.05) is 11.6 Å². The number of halogens is 1. The van der Waals surface area contributed by atoms with E-state index in [1.165, 1.54) is 0 Å². The number of benzene rings is 1. The van der Waals surface area contributed by atoms with Crippen molar-refractivity contribution in [2.24, 2.45) is 0 Å². The van der Waals surface area contributed by atoms with E-state index in [0.29, 0.717) is 22.3 Å². The Kier molecular flexibility index (Phi) is 3.10. The van der Waals surface area contributed by atoms with Crippen LogP contribution in [0.2, 0.25) is 5.15 Å². The number of nitrogen functional groups attached to an aromatic ring is 1. The first-order chi connectivity index (χ1) is 8.15. The fraction of sp³-hybridized carbons (Fsp3) is 0.182. The Morgan fingerprint density at radius 3 is 2.59 bits per heavy atom. The highest BCUT2D eigenvalue weighted by Gasteiger charge is 2.14. The molecule has 0 spiro atoms. The number of anilines is 1. The van der Waals surface area contributed by atoms with Gasteiger partial charge in [0.05, 0.1) is 14.2 Å². The third-order valence-corrected chi connectivity index (χ3v) is 2.61. The van der Waals surface area contributed by atoms with Gasteiger partial charge in [0, 0.05) is 5.56 Å². The number of nitrogens with two attached hydrogens (primary N) is 1. The molecule has 2 aromatic rings. The van der Waals surface area contributed by atoms with E-state index in [1.54, 1.807) is 32.4 Å². The molecule has 0 saturated heterocycles. The summed E-state index contributed by atoms with van der Waals surface area (Å²) >= 11 is 6.01. The highest BCUT2D eigenvalue weighted by molar-refractivity contribution is 6.32. The SMILES string of the molecule is COc1ccc(OC)c(-c2nc(N)[nH]c2Cl)c1. The Labute approximate surface area is 104 Å². The number of nitrogens with one attached hydrogen (secondary N) is 1. The second-order valence-corrected chi connectivity index (χ2v) is 3.73. The summed E-state index contributed by atoms with van der Waals surface area (Å²) in [5, 5.41) is 0.369. The zero-order valence-corrected chi connectivity index (χ0v) is 10.2. The lowest BCUT2D eigenvalue weighted by atomic mass is 10.1. The number of aromatic amines is 1. The van der Waals surface area contributed by atoms with E-state index in [9.17, 15) is 0 Å². The second kappa shape index (κ2) is 4.55. The number of rotatable bonds is 3. The smallest absolute Gasteiger partial charge is 0.199 e. The van der Waals surface area contributed by atoms with Gasteiger partial charge < -0.3 is 20.2 Å². The molecule has 0 fully saturated rings. The largest absolute Gasteiger partial charge is 0.497 e. The van der Waals surface area contributed by atoms with E-state index in [0.717, 1.165) is 5.56 Å². The van der Waals surface area contributed by atoms with Crippen LogP contribution in [0.1, 0.15) is 0 Å². The average molecular weight is 254 g/mol. The summed E-state index contributed by atoms with van der Waals surface area (Å²) in [5.41, 5.74) is 6.82. The molecule has 0 unspecified atom stereocenters. The Morgan fingerprint density at radius 2 is 2.06 bits per heavy atom. The molecule has 0 saturated carbocycles. The zero-order valence-electron chi connectivity index (χ0n) is 9.45. The molecule has 0 radical (unpaired) electrons. The molecule has 5 nitrogen and oxygen atoms in total. The summed E-state index contributed by atoms with van der Waals surface area (Å²) in [6.07, 6.45) is 0. The summed E-state index contributed by atoms with van der Waals surface area (Å²) in [4.78, 5) is 6.85. The van der Waals surface area contributed by atoms with Crippen LogP contribution < -0.4 is 15.2 Å². The van der Waals surface area contributed by atoms with E-state index >= 15 is 0 Å². The molecule has 17 heavy (non-hydrogen) atoms. The molecule has 6 heteroatoms. The summed E-state index contributed by atoms with van der Waals surface area (Å²) in [5.74, 6) is 1.60. The van der Waals surface area contributed by atoms with E-state index < -0.39 is 0 Å². The predicted octanol–water partition coefficient (Wildman–Crippen LogP) is 2.33. The molecule has 0 aliphatic carbocycles. The van der Waals surface area contributed by atoms with Gasteiger partial charge in [-0.2, -0.15) is 0 Å². The lowest BCUT2D eigenvalue weighted by Crippen LogP contribution is -1.91. The zero-order chi connectivity index (χ0) is 12.4. The summed E-state index contributed by atoms with van der Waals surface area (Å²) in [6, 6.07) is 5.38. The standard InChI is InChI=1S/C11H12ClN3O2/c1-16-6-3-4-8(17-2)7(5-6)9-10(12)15-11(13)14-9/h3-5H,1-2H3,(H3,13,14,15). The minimum absolute atomic E-state index is 0.259. The van der Waals surface area contributed by atoms with Crippen molar-refractivity contribution in [2.45, 2.75) is 0 Å². The monoisotopic (exact) mass is 253 g/mol. The Hall–Kier alpha value is -1.88. The van der Waals surface area contributed by atoms with E-state index in [2.05, 4.69) is 9.97 Å². The Morgan fingerprint density at radius 1 is 1.29 bits per heavy atom. The van der Waals surface area contributed by atoms with Crippen LogP contribution in [0.25, 0.3) is 11.3 Å². The minimum atomic E-state index is 0.259. The predicted molar refractivity (Wildman–Crippen MR) is 66.6 cm³/mol. The molecule has 0 aliphatic rings. The van der Waals surface area contributed by atoms with Crippen LogP contribution in [0.4, 0.5) is 5.95 Å². The maximum absolute atomic E-state index is 6.01. The summed E-state index contributed by atoms with van der Waals surface area (Å²) in [7, 11) is 3.17. The molecule has 0 atom stereocenters. The molecular formula is C11H12ClN3O2. The lowest BCUT2D eigenvalue weighted by molar-refractivity contribution is 0.404. The van der Waals surface area contributed by atoms with Crippen LogP contribution in [-0.2, 0) is 0 Å². The molecule has 1 aromatic heterocycles. The van der Waals surface area contributed by atoms with Crippen molar-refractivity contribution in [1.82, 2.24) is 9.97 Å². The van der Waals surface area contributed by atoms with Crippen molar-refractivity contribution in [1.29, 1.82) is 0 Å². The lowest BCUT2D eigenvalue weighted by Gasteiger charge is -2.08. The fourth-order valence-electron chi connectivity index (χ4n) is 1.55. The molecular weight excluding hydrogens is 242 g/mol. The highest BCUT2D eigenvalue weighted by Crippen LogP contribution is 2.36.